The number of unbranched alkanes of at least 4 members (excludes halogenated alkanes) is 39. The van der Waals surface area contributed by atoms with Gasteiger partial charge in [0, 0.05) is 38.8 Å². The lowest BCUT2D eigenvalue weighted by molar-refractivity contribution is -0.142. The zero-order valence-corrected chi connectivity index (χ0v) is 54.1. The first-order chi connectivity index (χ1) is 40.2. The second-order valence-electron chi connectivity index (χ2n) is 23.6. The molecule has 0 bridgehead atoms. The highest BCUT2D eigenvalue weighted by Gasteiger charge is 2.29. The maximum atomic E-state index is 13.5. The van der Waals surface area contributed by atoms with E-state index in [2.05, 4.69) is 86.9 Å². The molecule has 0 rings (SSSR count). The molecular weight excluding hydrogens is 1020 g/mol. The predicted molar refractivity (Wildman–Crippen MR) is 350 cm³/mol. The molecule has 474 valence electrons. The topological polar surface area (TPSA) is 133 Å². The van der Waals surface area contributed by atoms with Crippen molar-refractivity contribution in [1.29, 1.82) is 0 Å². The van der Waals surface area contributed by atoms with E-state index >= 15 is 0 Å². The largest absolute Gasteiger partial charge is 0.337 e. The highest BCUT2D eigenvalue weighted by molar-refractivity contribution is 6.10. The normalized spacial score (nSPS) is 11.7. The molecule has 10 nitrogen and oxygen atoms in total. The third kappa shape index (κ3) is 51.8. The van der Waals surface area contributed by atoms with Crippen LogP contribution >= 0.6 is 0 Å². The summed E-state index contributed by atoms with van der Waals surface area (Å²) >= 11 is 0. The first-order valence-corrected chi connectivity index (χ1v) is 35.1. The van der Waals surface area contributed by atoms with E-state index in [1.165, 1.54) is 103 Å². The first-order valence-electron chi connectivity index (χ1n) is 35.1. The van der Waals surface area contributed by atoms with E-state index in [4.69, 9.17) is 0 Å². The summed E-state index contributed by atoms with van der Waals surface area (Å²) in [5.74, 6) is -1.66. The van der Waals surface area contributed by atoms with Gasteiger partial charge in [0.1, 0.15) is 0 Å². The summed E-state index contributed by atoms with van der Waals surface area (Å²) < 4.78 is 0. The number of hydrogen-bond donors (Lipinski definition) is 2. The molecule has 0 spiro atoms. The van der Waals surface area contributed by atoms with Gasteiger partial charge in [-0.1, -0.05) is 243 Å². The number of nitrogens with zero attached hydrogens (tertiary/aromatic N) is 2. The van der Waals surface area contributed by atoms with E-state index in [-0.39, 0.29) is 25.7 Å². The van der Waals surface area contributed by atoms with Crippen LogP contribution in [-0.2, 0) is 19.2 Å². The molecule has 2 N–H and O–H groups in total. The third-order valence-corrected chi connectivity index (χ3v) is 15.7. The van der Waals surface area contributed by atoms with Gasteiger partial charge in [-0.05, 0) is 141 Å². The van der Waals surface area contributed by atoms with E-state index < -0.39 is 35.7 Å². The third-order valence-electron chi connectivity index (χ3n) is 15.7. The molecule has 0 aliphatic carbocycles. The standard InChI is InChI=1S/C72H130N4O6/c1-5-9-13-17-21-25-29-33-37-41-45-49-55-61-67(77)75(68(78)62-56-50-46-42-38-34-30-26-22-18-14-10-6-2)71(81)73-65-59-53-54-60-66-74-72(82)76(69(79)63-57-51-47-43-39-35-31-27-23-19-15-11-7-3)70(80)64-58-52-48-44-40-36-32-28-24-20-16-12-8-4/h25-32H,5-24,33-66H2,1-4H3,(H,73,81)(H,74,82)/b29-25-,30-26-,31-27-,32-28-. The summed E-state index contributed by atoms with van der Waals surface area (Å²) in [6.07, 6.45) is 70.8. The minimum Gasteiger partial charge on any atom is -0.337 e. The van der Waals surface area contributed by atoms with Crippen molar-refractivity contribution in [2.75, 3.05) is 13.1 Å². The van der Waals surface area contributed by atoms with Gasteiger partial charge in [-0.3, -0.25) is 19.2 Å². The zero-order chi connectivity index (χ0) is 59.9. The number of nitrogens with one attached hydrogen (secondary N) is 2. The fourth-order valence-corrected chi connectivity index (χ4v) is 10.3. The number of hydrogen-bond acceptors (Lipinski definition) is 6. The molecule has 82 heavy (non-hydrogen) atoms. The number of carbonyl (C=O) groups is 6. The monoisotopic (exact) mass is 1150 g/mol. The molecule has 0 saturated carbocycles. The van der Waals surface area contributed by atoms with Crippen LogP contribution in [0.25, 0.3) is 0 Å². The van der Waals surface area contributed by atoms with Crippen LogP contribution in [0.1, 0.15) is 362 Å². The van der Waals surface area contributed by atoms with Crippen molar-refractivity contribution in [2.24, 2.45) is 0 Å². The Balaban J connectivity index is 5.11. The first kappa shape index (κ1) is 78.2. The Hall–Kier alpha value is -3.82. The van der Waals surface area contributed by atoms with Crippen LogP contribution in [0.3, 0.4) is 0 Å². The molecule has 0 aromatic rings. The molecule has 0 heterocycles. The van der Waals surface area contributed by atoms with Crippen molar-refractivity contribution >= 4 is 35.7 Å². The van der Waals surface area contributed by atoms with Gasteiger partial charge < -0.3 is 10.6 Å². The lowest BCUT2D eigenvalue weighted by atomic mass is 10.1. The number of amides is 8. The highest BCUT2D eigenvalue weighted by Crippen LogP contribution is 2.17. The van der Waals surface area contributed by atoms with E-state index in [0.29, 0.717) is 51.6 Å². The van der Waals surface area contributed by atoms with E-state index in [1.54, 1.807) is 0 Å². The number of imide groups is 6. The van der Waals surface area contributed by atoms with Gasteiger partial charge in [0.05, 0.1) is 0 Å². The molecule has 0 unspecified atom stereocenters. The Morgan fingerprint density at radius 2 is 0.402 bits per heavy atom. The van der Waals surface area contributed by atoms with Crippen molar-refractivity contribution in [3.05, 3.63) is 48.6 Å². The Labute approximate surface area is 505 Å². The molecular formula is C72H130N4O6. The molecule has 0 aliphatic rings. The van der Waals surface area contributed by atoms with Gasteiger partial charge in [-0.15, -0.1) is 0 Å². The Bertz CT molecular complexity index is 1420. The van der Waals surface area contributed by atoms with Crippen molar-refractivity contribution in [3.8, 4) is 0 Å². The van der Waals surface area contributed by atoms with Crippen LogP contribution in [0, 0.1) is 0 Å². The second-order valence-corrected chi connectivity index (χ2v) is 23.6. The van der Waals surface area contributed by atoms with Gasteiger partial charge in [-0.25, -0.2) is 19.4 Å². The minimum absolute atomic E-state index is 0.179. The smallest absolute Gasteiger partial charge is 0.331 e. The second kappa shape index (κ2) is 63.2. The van der Waals surface area contributed by atoms with Crippen molar-refractivity contribution in [2.45, 2.75) is 362 Å². The molecule has 0 radical (unpaired) electrons. The SMILES string of the molecule is CCCCCC/C=C\CCCCCCCC(=O)N(C(=O)CCCCCCC/C=C\CCCCCC)C(=O)NCCCCCCNC(=O)N(C(=O)CCCCCCC/C=C\CCCCCC)C(=O)CCCCCCC/C=C\CCCCCC. The molecule has 0 aromatic heterocycles. The van der Waals surface area contributed by atoms with Gasteiger partial charge >= 0.3 is 12.1 Å². The molecule has 0 aliphatic heterocycles. The summed E-state index contributed by atoms with van der Waals surface area (Å²) in [7, 11) is 0. The summed E-state index contributed by atoms with van der Waals surface area (Å²) in [5, 5.41) is 5.71. The van der Waals surface area contributed by atoms with Crippen molar-refractivity contribution < 1.29 is 28.8 Å². The van der Waals surface area contributed by atoms with Crippen LogP contribution < -0.4 is 10.6 Å². The van der Waals surface area contributed by atoms with Crippen LogP contribution in [0.2, 0.25) is 0 Å². The summed E-state index contributed by atoms with van der Waals surface area (Å²) in [4.78, 5) is 82.8. The molecule has 0 saturated heterocycles. The fourth-order valence-electron chi connectivity index (χ4n) is 10.3. The molecule has 0 aromatic carbocycles. The quantitative estimate of drug-likeness (QED) is 0.0460. The van der Waals surface area contributed by atoms with Gasteiger partial charge in [0.15, 0.2) is 0 Å². The lowest BCUT2D eigenvalue weighted by Crippen LogP contribution is -2.47. The molecule has 8 amide bonds. The van der Waals surface area contributed by atoms with Crippen LogP contribution in [0.15, 0.2) is 48.6 Å². The van der Waals surface area contributed by atoms with E-state index in [9.17, 15) is 28.8 Å². The highest BCUT2D eigenvalue weighted by atomic mass is 16.2. The fraction of sp³-hybridized carbons (Fsp3) is 0.806. The number of rotatable bonds is 59. The summed E-state index contributed by atoms with van der Waals surface area (Å²) in [5.41, 5.74) is 0. The summed E-state index contributed by atoms with van der Waals surface area (Å²) in [6, 6.07) is -1.26. The van der Waals surface area contributed by atoms with Gasteiger partial charge in [-0.2, -0.15) is 0 Å². The Kier molecular flexibility index (Phi) is 60.3. The number of carbonyl (C=O) groups excluding carboxylic acids is 6. The zero-order valence-electron chi connectivity index (χ0n) is 54.1. The van der Waals surface area contributed by atoms with Crippen molar-refractivity contribution in [3.63, 3.8) is 0 Å². The Morgan fingerprint density at radius 3 is 0.610 bits per heavy atom. The molecule has 0 atom stereocenters. The average molecular weight is 1150 g/mol. The Morgan fingerprint density at radius 1 is 0.232 bits per heavy atom. The maximum absolute atomic E-state index is 13.5. The van der Waals surface area contributed by atoms with E-state index in [0.717, 1.165) is 177 Å². The molecule has 0 fully saturated rings. The number of urea groups is 2. The van der Waals surface area contributed by atoms with Gasteiger partial charge in [0.2, 0.25) is 23.6 Å². The molecule has 10 heteroatoms. The van der Waals surface area contributed by atoms with Crippen molar-refractivity contribution in [1.82, 2.24) is 20.4 Å². The lowest BCUT2D eigenvalue weighted by Gasteiger charge is -2.20. The van der Waals surface area contributed by atoms with Gasteiger partial charge in [0.25, 0.3) is 0 Å². The van der Waals surface area contributed by atoms with E-state index in [1.807, 2.05) is 0 Å². The van der Waals surface area contributed by atoms with Crippen LogP contribution in [0.4, 0.5) is 9.59 Å². The van der Waals surface area contributed by atoms with Crippen LogP contribution in [-0.4, -0.2) is 58.6 Å². The number of allylic oxidation sites excluding steroid dienone is 8. The predicted octanol–water partition coefficient (Wildman–Crippen LogP) is 21.7. The summed E-state index contributed by atoms with van der Waals surface area (Å²) in [6.45, 7) is 9.60. The maximum Gasteiger partial charge on any atom is 0.331 e. The minimum atomic E-state index is -0.632. The average Bonchev–Trinajstić information content (AvgIpc) is 3.48. The van der Waals surface area contributed by atoms with Crippen LogP contribution in [0.5, 0.6) is 0 Å².